The summed E-state index contributed by atoms with van der Waals surface area (Å²) in [6, 6.07) is 4.43. The van der Waals surface area contributed by atoms with Crippen molar-refractivity contribution >= 4 is 17.3 Å². The first-order valence-electron chi connectivity index (χ1n) is 11.1. The molecule has 3 rings (SSSR count). The number of allylic oxidation sites excluding steroid dienone is 2. The molecule has 2 heterocycles. The number of nitrogen functional groups attached to an aromatic ring is 1. The van der Waals surface area contributed by atoms with Crippen molar-refractivity contribution < 1.29 is 4.39 Å². The number of halogens is 1. The number of aryl methyl sites for hydroxylation is 1. The Hall–Kier alpha value is -2.41. The smallest absolute Gasteiger partial charge is 0.123 e. The number of nitrogens with one attached hydrogen (secondary N) is 1. The van der Waals surface area contributed by atoms with E-state index in [1.54, 1.807) is 12.1 Å². The first-order chi connectivity index (χ1) is 14.9. The number of hydrogen-bond donors (Lipinski definition) is 3. The maximum Gasteiger partial charge on any atom is 0.123 e. The minimum absolute atomic E-state index is 0.305. The molecule has 0 aliphatic carbocycles. The highest BCUT2D eigenvalue weighted by Gasteiger charge is 2.17. The van der Waals surface area contributed by atoms with Crippen molar-refractivity contribution in [3.8, 4) is 0 Å². The lowest BCUT2D eigenvalue weighted by atomic mass is 10.00. The molecule has 2 aromatic rings. The van der Waals surface area contributed by atoms with Gasteiger partial charge in [-0.1, -0.05) is 12.7 Å². The molecule has 0 unspecified atom stereocenters. The van der Waals surface area contributed by atoms with Gasteiger partial charge in [-0.15, -0.1) is 0 Å². The Balaban J connectivity index is 1.66. The van der Waals surface area contributed by atoms with E-state index in [1.807, 2.05) is 6.08 Å². The van der Waals surface area contributed by atoms with E-state index in [4.69, 9.17) is 11.5 Å². The molecule has 1 aromatic carbocycles. The zero-order valence-corrected chi connectivity index (χ0v) is 18.9. The summed E-state index contributed by atoms with van der Waals surface area (Å²) in [7, 11) is 0. The van der Waals surface area contributed by atoms with Gasteiger partial charge in [0.1, 0.15) is 5.82 Å². The van der Waals surface area contributed by atoms with E-state index in [-0.39, 0.29) is 5.82 Å². The van der Waals surface area contributed by atoms with Crippen LogP contribution in [-0.2, 0) is 6.42 Å². The molecule has 1 fully saturated rings. The summed E-state index contributed by atoms with van der Waals surface area (Å²) < 4.78 is 13.7. The van der Waals surface area contributed by atoms with E-state index < -0.39 is 0 Å². The summed E-state index contributed by atoms with van der Waals surface area (Å²) in [4.78, 5) is 8.49. The number of benzene rings is 1. The largest absolute Gasteiger partial charge is 0.398 e. The van der Waals surface area contributed by atoms with Crippen molar-refractivity contribution in [3.63, 3.8) is 0 Å². The molecular formula is C25H36FN5. The van der Waals surface area contributed by atoms with Crippen LogP contribution in [-0.4, -0.2) is 60.6 Å². The Morgan fingerprint density at radius 3 is 2.48 bits per heavy atom. The van der Waals surface area contributed by atoms with Crippen molar-refractivity contribution in [1.82, 2.24) is 14.8 Å². The number of aromatic amines is 1. The highest BCUT2D eigenvalue weighted by Crippen LogP contribution is 2.28. The van der Waals surface area contributed by atoms with E-state index in [2.05, 4.69) is 35.2 Å². The third-order valence-electron chi connectivity index (χ3n) is 6.29. The number of rotatable bonds is 9. The Kier molecular flexibility index (Phi) is 8.07. The van der Waals surface area contributed by atoms with Gasteiger partial charge in [0, 0.05) is 61.9 Å². The zero-order chi connectivity index (χ0) is 22.4. The molecule has 0 spiro atoms. The van der Waals surface area contributed by atoms with Gasteiger partial charge in [-0.3, -0.25) is 4.90 Å². The topological polar surface area (TPSA) is 74.3 Å². The van der Waals surface area contributed by atoms with Gasteiger partial charge >= 0.3 is 0 Å². The maximum absolute atomic E-state index is 13.7. The van der Waals surface area contributed by atoms with Crippen LogP contribution in [0.15, 0.2) is 30.9 Å². The summed E-state index contributed by atoms with van der Waals surface area (Å²) in [6.45, 7) is 15.5. The van der Waals surface area contributed by atoms with Gasteiger partial charge in [0.15, 0.2) is 0 Å². The van der Waals surface area contributed by atoms with E-state index in [0.717, 1.165) is 69.9 Å². The predicted molar refractivity (Wildman–Crippen MR) is 129 cm³/mol. The molecule has 0 radical (unpaired) electrons. The summed E-state index contributed by atoms with van der Waals surface area (Å²) in [6.07, 6.45) is 5.91. The average molecular weight is 426 g/mol. The fraction of sp³-hybridized carbons (Fsp3) is 0.440. The molecule has 0 atom stereocenters. The summed E-state index contributed by atoms with van der Waals surface area (Å²) >= 11 is 0. The van der Waals surface area contributed by atoms with Gasteiger partial charge in [-0.05, 0) is 74.2 Å². The Labute approximate surface area is 185 Å². The minimum Gasteiger partial charge on any atom is -0.398 e. The second-order valence-corrected chi connectivity index (χ2v) is 8.38. The van der Waals surface area contributed by atoms with Crippen LogP contribution in [0, 0.1) is 19.7 Å². The van der Waals surface area contributed by atoms with Crippen molar-refractivity contribution in [1.29, 1.82) is 0 Å². The lowest BCUT2D eigenvalue weighted by Crippen LogP contribution is -2.47. The molecular weight excluding hydrogens is 389 g/mol. The highest BCUT2D eigenvalue weighted by atomic mass is 19.1. The molecule has 1 aliphatic rings. The van der Waals surface area contributed by atoms with E-state index in [0.29, 0.717) is 11.3 Å². The number of nitrogens with zero attached hydrogens (tertiary/aromatic N) is 2. The molecule has 5 N–H and O–H groups in total. The van der Waals surface area contributed by atoms with Gasteiger partial charge in [0.25, 0.3) is 0 Å². The molecule has 0 amide bonds. The average Bonchev–Trinajstić information content (AvgIpc) is 3.02. The van der Waals surface area contributed by atoms with E-state index >= 15 is 0 Å². The van der Waals surface area contributed by atoms with Crippen LogP contribution in [0.5, 0.6) is 0 Å². The van der Waals surface area contributed by atoms with Gasteiger partial charge in [0.05, 0.1) is 0 Å². The summed E-state index contributed by atoms with van der Waals surface area (Å²) in [5.74, 6) is -0.305. The fourth-order valence-corrected chi connectivity index (χ4v) is 4.41. The second kappa shape index (κ2) is 10.8. The molecule has 1 saturated heterocycles. The van der Waals surface area contributed by atoms with Crippen molar-refractivity contribution in [2.45, 2.75) is 26.7 Å². The SMILES string of the molecule is C=C/C(=C\c1[nH]c(C)c(CCCN2CCN(CCN)CC2)c1C)c1cc(F)ccc1N. The van der Waals surface area contributed by atoms with Crippen LogP contribution in [0.25, 0.3) is 11.6 Å². The number of H-pyrrole nitrogens is 1. The lowest BCUT2D eigenvalue weighted by Gasteiger charge is -2.34. The molecule has 6 heteroatoms. The fourth-order valence-electron chi connectivity index (χ4n) is 4.41. The first-order valence-corrected chi connectivity index (χ1v) is 11.1. The number of aromatic nitrogens is 1. The van der Waals surface area contributed by atoms with Gasteiger partial charge < -0.3 is 21.4 Å². The number of nitrogens with two attached hydrogens (primary N) is 2. The van der Waals surface area contributed by atoms with Gasteiger partial charge in [0.2, 0.25) is 0 Å². The molecule has 1 aliphatic heterocycles. The van der Waals surface area contributed by atoms with Gasteiger partial charge in [-0.2, -0.15) is 0 Å². The van der Waals surface area contributed by atoms with Crippen molar-refractivity contribution in [3.05, 3.63) is 64.7 Å². The quantitative estimate of drug-likeness (QED) is 0.424. The third kappa shape index (κ3) is 5.85. The third-order valence-corrected chi connectivity index (χ3v) is 6.29. The van der Waals surface area contributed by atoms with E-state index in [1.165, 1.54) is 29.0 Å². The van der Waals surface area contributed by atoms with E-state index in [9.17, 15) is 4.39 Å². The molecule has 168 valence electrons. The van der Waals surface area contributed by atoms with Gasteiger partial charge in [-0.25, -0.2) is 4.39 Å². The number of piperazine rings is 1. The normalized spacial score (nSPS) is 16.1. The maximum atomic E-state index is 13.7. The number of anilines is 1. The molecule has 31 heavy (non-hydrogen) atoms. The first kappa shape index (κ1) is 23.3. The Morgan fingerprint density at radius 2 is 1.84 bits per heavy atom. The zero-order valence-electron chi connectivity index (χ0n) is 18.9. The minimum atomic E-state index is -0.305. The Morgan fingerprint density at radius 1 is 1.16 bits per heavy atom. The monoisotopic (exact) mass is 425 g/mol. The molecule has 0 saturated carbocycles. The molecule has 0 bridgehead atoms. The lowest BCUT2D eigenvalue weighted by molar-refractivity contribution is 0.134. The molecule has 1 aromatic heterocycles. The van der Waals surface area contributed by atoms with Crippen LogP contribution in [0.1, 0.15) is 34.5 Å². The van der Waals surface area contributed by atoms with Crippen molar-refractivity contribution in [2.24, 2.45) is 5.73 Å². The van der Waals surface area contributed by atoms with Crippen LogP contribution in [0.2, 0.25) is 0 Å². The van der Waals surface area contributed by atoms with Crippen molar-refractivity contribution in [2.75, 3.05) is 51.5 Å². The summed E-state index contributed by atoms with van der Waals surface area (Å²) in [5, 5.41) is 0. The Bertz CT molecular complexity index is 922. The molecule has 5 nitrogen and oxygen atoms in total. The van der Waals surface area contributed by atoms with Crippen LogP contribution < -0.4 is 11.5 Å². The standard InChI is InChI=1S/C25H36FN5/c1-4-20(23-17-21(26)7-8-24(23)28)16-25-18(2)22(19(3)29-25)6-5-10-30-12-14-31(11-9-27)15-13-30/h4,7-8,16-17,29H,1,5-6,9-15,27-28H2,2-3H3/b20-16+. The summed E-state index contributed by atoms with van der Waals surface area (Å²) in [5.41, 5.74) is 18.6. The highest BCUT2D eigenvalue weighted by molar-refractivity contribution is 5.91. The van der Waals surface area contributed by atoms with Crippen LogP contribution in [0.3, 0.4) is 0 Å². The second-order valence-electron chi connectivity index (χ2n) is 8.38. The number of hydrogen-bond acceptors (Lipinski definition) is 4. The van der Waals surface area contributed by atoms with Crippen LogP contribution in [0.4, 0.5) is 10.1 Å². The van der Waals surface area contributed by atoms with Crippen LogP contribution >= 0.6 is 0 Å². The predicted octanol–water partition coefficient (Wildman–Crippen LogP) is 3.59.